The predicted molar refractivity (Wildman–Crippen MR) is 117 cm³/mol. The second-order valence-electron chi connectivity index (χ2n) is 8.64. The molecule has 0 spiro atoms. The van der Waals surface area contributed by atoms with Gasteiger partial charge in [-0.1, -0.05) is 29.4 Å². The van der Waals surface area contributed by atoms with Crippen molar-refractivity contribution in [2.45, 2.75) is 96.7 Å². The Balaban J connectivity index is 2.25. The van der Waals surface area contributed by atoms with E-state index in [1.54, 1.807) is 6.92 Å². The Morgan fingerprint density at radius 2 is 2.00 bits per heavy atom. The first-order valence-electron chi connectivity index (χ1n) is 11.0. The topological polar surface area (TPSA) is 119 Å². The Labute approximate surface area is 188 Å². The van der Waals surface area contributed by atoms with Crippen LogP contribution in [0.25, 0.3) is 0 Å². The van der Waals surface area contributed by atoms with Crippen LogP contribution in [0.1, 0.15) is 66.2 Å². The lowest BCUT2D eigenvalue weighted by Gasteiger charge is -2.24. The van der Waals surface area contributed by atoms with Gasteiger partial charge in [0.25, 0.3) is 0 Å². The van der Waals surface area contributed by atoms with Crippen LogP contribution in [0.15, 0.2) is 34.9 Å². The van der Waals surface area contributed by atoms with Crippen molar-refractivity contribution >= 4 is 17.9 Å². The molecule has 0 saturated carbocycles. The summed E-state index contributed by atoms with van der Waals surface area (Å²) in [6.07, 6.45) is 4.21. The van der Waals surface area contributed by atoms with Crippen LogP contribution < -0.4 is 0 Å². The minimum absolute atomic E-state index is 0.136. The van der Waals surface area contributed by atoms with E-state index >= 15 is 0 Å². The average Bonchev–Trinajstić information content (AvgIpc) is 3.06. The molecule has 0 radical (unpaired) electrons. The molecule has 0 aromatic heterocycles. The fourth-order valence-corrected chi connectivity index (χ4v) is 3.98. The number of aliphatic hydroxyl groups excluding tert-OH is 1. The van der Waals surface area contributed by atoms with Crippen molar-refractivity contribution in [2.75, 3.05) is 0 Å². The van der Waals surface area contributed by atoms with Gasteiger partial charge in [0.2, 0.25) is 0 Å². The SMILES string of the molecule is CC(=O)O[C@H]1CC(=O)OC2C[C@H](CC/C(C)=C/C/C=C\1C)O[C@H]2[C@H](O)/C=C(\C)CC(=O)O. The molecule has 2 heterocycles. The van der Waals surface area contributed by atoms with Crippen LogP contribution in [0.2, 0.25) is 0 Å². The summed E-state index contributed by atoms with van der Waals surface area (Å²) in [5, 5.41) is 19.6. The minimum atomic E-state index is -1.12. The first-order valence-corrected chi connectivity index (χ1v) is 11.0. The minimum Gasteiger partial charge on any atom is -0.481 e. The second kappa shape index (κ2) is 12.0. The van der Waals surface area contributed by atoms with Crippen molar-refractivity contribution in [1.82, 2.24) is 0 Å². The number of hydrogen-bond donors (Lipinski definition) is 2. The van der Waals surface area contributed by atoms with E-state index in [9.17, 15) is 19.5 Å². The van der Waals surface area contributed by atoms with Gasteiger partial charge < -0.3 is 24.4 Å². The average molecular weight is 451 g/mol. The first kappa shape index (κ1) is 25.8. The van der Waals surface area contributed by atoms with Crippen LogP contribution in [-0.4, -0.2) is 58.6 Å². The molecule has 32 heavy (non-hydrogen) atoms. The van der Waals surface area contributed by atoms with E-state index in [4.69, 9.17) is 19.3 Å². The molecule has 8 heteroatoms. The zero-order chi connectivity index (χ0) is 23.8. The Hall–Kier alpha value is -2.45. The van der Waals surface area contributed by atoms with Gasteiger partial charge in [0.15, 0.2) is 0 Å². The quantitative estimate of drug-likeness (QED) is 0.484. The highest BCUT2D eigenvalue weighted by molar-refractivity contribution is 5.72. The molecule has 178 valence electrons. The van der Waals surface area contributed by atoms with E-state index in [1.165, 1.54) is 18.6 Å². The molecule has 0 aliphatic carbocycles. The highest BCUT2D eigenvalue weighted by atomic mass is 16.6. The van der Waals surface area contributed by atoms with E-state index < -0.39 is 42.3 Å². The molecule has 1 unspecified atom stereocenters. The molecule has 0 aromatic carbocycles. The molecule has 1 fully saturated rings. The largest absolute Gasteiger partial charge is 0.481 e. The van der Waals surface area contributed by atoms with Crippen LogP contribution in [0.4, 0.5) is 0 Å². The molecule has 2 aliphatic rings. The van der Waals surface area contributed by atoms with Crippen LogP contribution in [0.5, 0.6) is 0 Å². The van der Waals surface area contributed by atoms with Crippen LogP contribution in [0, 0.1) is 0 Å². The number of aliphatic hydroxyl groups is 1. The highest BCUT2D eigenvalue weighted by Gasteiger charge is 2.41. The normalized spacial score (nSPS) is 31.9. The summed E-state index contributed by atoms with van der Waals surface area (Å²) in [5.74, 6) is -2.03. The van der Waals surface area contributed by atoms with E-state index in [1.807, 2.05) is 19.9 Å². The zero-order valence-corrected chi connectivity index (χ0v) is 19.2. The fourth-order valence-electron chi connectivity index (χ4n) is 3.98. The van der Waals surface area contributed by atoms with Gasteiger partial charge in [-0.15, -0.1) is 0 Å². The Morgan fingerprint density at radius 3 is 2.66 bits per heavy atom. The number of ether oxygens (including phenoxy) is 3. The molecule has 2 rings (SSSR count). The Morgan fingerprint density at radius 1 is 1.28 bits per heavy atom. The summed E-state index contributed by atoms with van der Waals surface area (Å²) in [6.45, 7) is 6.76. The van der Waals surface area contributed by atoms with Crippen LogP contribution >= 0.6 is 0 Å². The van der Waals surface area contributed by atoms with Gasteiger partial charge in [0.05, 0.1) is 18.9 Å². The molecule has 2 bridgehead atoms. The van der Waals surface area contributed by atoms with Gasteiger partial charge in [-0.2, -0.15) is 0 Å². The number of carboxylic acid groups (broad SMARTS) is 1. The van der Waals surface area contributed by atoms with Gasteiger partial charge in [-0.3, -0.25) is 14.4 Å². The maximum Gasteiger partial charge on any atom is 0.310 e. The maximum absolute atomic E-state index is 12.7. The molecule has 8 nitrogen and oxygen atoms in total. The van der Waals surface area contributed by atoms with Gasteiger partial charge >= 0.3 is 17.9 Å². The number of aliphatic carboxylic acids is 1. The highest BCUT2D eigenvalue weighted by Crippen LogP contribution is 2.31. The molecule has 2 N–H and O–H groups in total. The third kappa shape index (κ3) is 8.24. The molecule has 2 aliphatic heterocycles. The van der Waals surface area contributed by atoms with Crippen molar-refractivity contribution in [1.29, 1.82) is 0 Å². The lowest BCUT2D eigenvalue weighted by molar-refractivity contribution is -0.159. The van der Waals surface area contributed by atoms with Crippen molar-refractivity contribution in [2.24, 2.45) is 0 Å². The summed E-state index contributed by atoms with van der Waals surface area (Å²) in [4.78, 5) is 35.1. The van der Waals surface area contributed by atoms with Crippen LogP contribution in [0.3, 0.4) is 0 Å². The summed E-state index contributed by atoms with van der Waals surface area (Å²) in [7, 11) is 0. The Kier molecular flexibility index (Phi) is 9.65. The summed E-state index contributed by atoms with van der Waals surface area (Å²) in [6, 6.07) is 0. The monoisotopic (exact) mass is 450 g/mol. The number of allylic oxidation sites excluding steroid dienone is 3. The molecule has 0 amide bonds. The van der Waals surface area contributed by atoms with Crippen molar-refractivity contribution in [3.8, 4) is 0 Å². The summed E-state index contributed by atoms with van der Waals surface area (Å²) in [5.41, 5.74) is 2.44. The van der Waals surface area contributed by atoms with Crippen molar-refractivity contribution in [3.05, 3.63) is 34.9 Å². The van der Waals surface area contributed by atoms with E-state index in [-0.39, 0.29) is 18.9 Å². The number of rotatable bonds is 5. The fraction of sp³-hybridized carbons (Fsp3) is 0.625. The molecule has 1 saturated heterocycles. The third-order valence-corrected chi connectivity index (χ3v) is 5.65. The van der Waals surface area contributed by atoms with Crippen molar-refractivity contribution < 1.29 is 38.8 Å². The molecular weight excluding hydrogens is 416 g/mol. The summed E-state index contributed by atoms with van der Waals surface area (Å²) >= 11 is 0. The second-order valence-corrected chi connectivity index (χ2v) is 8.64. The lowest BCUT2D eigenvalue weighted by Crippen LogP contribution is -2.37. The standard InChI is InChI=1S/C24H34O8/c1-14-6-5-7-16(3)20(30-17(4)25)13-23(29)32-21-12-18(9-8-14)31-24(21)19(26)10-15(2)11-22(27)28/h6-7,10,18-21,24,26H,5,8-9,11-13H2,1-4H3,(H,27,28)/b14-6+,15-10+,16-7-/t18-,19+,20-,21?,24-/m0/s1. The number of carbonyl (C=O) groups is 3. The van der Waals surface area contributed by atoms with Gasteiger partial charge in [0, 0.05) is 13.3 Å². The maximum atomic E-state index is 12.7. The van der Waals surface area contributed by atoms with E-state index in [0.29, 0.717) is 18.4 Å². The molecule has 0 aromatic rings. The summed E-state index contributed by atoms with van der Waals surface area (Å²) < 4.78 is 17.0. The number of fused-ring (bicyclic) bond motifs is 2. The first-order chi connectivity index (χ1) is 15.0. The van der Waals surface area contributed by atoms with Crippen molar-refractivity contribution in [3.63, 3.8) is 0 Å². The number of carboxylic acids is 1. The molecular formula is C24H34O8. The zero-order valence-electron chi connectivity index (χ0n) is 19.2. The van der Waals surface area contributed by atoms with Gasteiger partial charge in [-0.25, -0.2) is 0 Å². The lowest BCUT2D eigenvalue weighted by atomic mass is 10.00. The number of carbonyl (C=O) groups excluding carboxylic acids is 2. The number of esters is 2. The smallest absolute Gasteiger partial charge is 0.310 e. The third-order valence-electron chi connectivity index (χ3n) is 5.65. The molecule has 5 atom stereocenters. The van der Waals surface area contributed by atoms with E-state index in [2.05, 4.69) is 6.08 Å². The Bertz CT molecular complexity index is 794. The van der Waals surface area contributed by atoms with Gasteiger partial charge in [-0.05, 0) is 45.6 Å². The number of hydrogen-bond acceptors (Lipinski definition) is 7. The van der Waals surface area contributed by atoms with Crippen LogP contribution in [-0.2, 0) is 28.6 Å². The van der Waals surface area contributed by atoms with E-state index in [0.717, 1.165) is 18.4 Å². The predicted octanol–water partition coefficient (Wildman–Crippen LogP) is 3.24. The van der Waals surface area contributed by atoms with Gasteiger partial charge in [0.1, 0.15) is 24.4 Å².